The maximum Gasteiger partial charge on any atom is 0.294 e. The van der Waals surface area contributed by atoms with Crippen LogP contribution in [0.2, 0.25) is 0 Å². The average Bonchev–Trinajstić information content (AvgIpc) is 3.43. The number of amides is 1. The Morgan fingerprint density at radius 3 is 2.54 bits per heavy atom. The number of rotatable bonds is 8. The number of anilines is 1. The zero-order chi connectivity index (χ0) is 27.5. The van der Waals surface area contributed by atoms with E-state index in [0.717, 1.165) is 0 Å². The Morgan fingerprint density at radius 2 is 1.77 bits per heavy atom. The molecule has 2 aromatic carbocycles. The summed E-state index contributed by atoms with van der Waals surface area (Å²) >= 11 is 0. The van der Waals surface area contributed by atoms with E-state index in [2.05, 4.69) is 25.6 Å². The van der Waals surface area contributed by atoms with Gasteiger partial charge in [-0.2, -0.15) is 0 Å². The summed E-state index contributed by atoms with van der Waals surface area (Å²) in [6, 6.07) is 12.0. The number of ketones is 1. The van der Waals surface area contributed by atoms with Crippen LogP contribution in [0, 0.1) is 11.7 Å². The molecule has 10 nitrogen and oxygen atoms in total. The van der Waals surface area contributed by atoms with E-state index in [-0.39, 0.29) is 35.5 Å². The molecule has 3 aromatic heterocycles. The van der Waals surface area contributed by atoms with Crippen LogP contribution in [0.4, 0.5) is 10.2 Å². The van der Waals surface area contributed by atoms with Crippen molar-refractivity contribution in [3.8, 4) is 11.3 Å². The fourth-order valence-corrected chi connectivity index (χ4v) is 3.98. The molecule has 1 atom stereocenters. The smallest absolute Gasteiger partial charge is 0.294 e. The number of hydrogen-bond donors (Lipinski definition) is 1. The van der Waals surface area contributed by atoms with Gasteiger partial charge in [-0.15, -0.1) is 0 Å². The SMILES string of the molecule is CC[C@@H](C)C(=O)Nc1ncc(-c2ccc3nonc3c2)n(Cc2cncc(C(=O)c3ccc(F)cc3)c2)c1=O. The number of nitrogens with zero attached hydrogens (tertiary/aromatic N) is 5. The van der Waals surface area contributed by atoms with Gasteiger partial charge in [0.25, 0.3) is 5.56 Å². The predicted molar refractivity (Wildman–Crippen MR) is 141 cm³/mol. The molecule has 0 unspecified atom stereocenters. The van der Waals surface area contributed by atoms with Crippen molar-refractivity contribution in [2.24, 2.45) is 5.92 Å². The van der Waals surface area contributed by atoms with Crippen LogP contribution in [0.15, 0.2) is 76.5 Å². The second kappa shape index (κ2) is 10.7. The lowest BCUT2D eigenvalue weighted by Gasteiger charge is -2.16. The first kappa shape index (κ1) is 25.6. The van der Waals surface area contributed by atoms with E-state index in [1.807, 2.05) is 6.92 Å². The highest BCUT2D eigenvalue weighted by Gasteiger charge is 2.19. The average molecular weight is 527 g/mol. The molecule has 0 fully saturated rings. The molecule has 11 heteroatoms. The number of pyridine rings is 1. The van der Waals surface area contributed by atoms with Gasteiger partial charge in [0.05, 0.1) is 18.4 Å². The molecule has 1 amide bonds. The molecule has 3 heterocycles. The second-order valence-corrected chi connectivity index (χ2v) is 9.07. The Labute approximate surface area is 221 Å². The molecule has 0 aliphatic carbocycles. The Bertz CT molecular complexity index is 1750. The predicted octanol–water partition coefficient (Wildman–Crippen LogP) is 4.24. The van der Waals surface area contributed by atoms with E-state index < -0.39 is 11.4 Å². The van der Waals surface area contributed by atoms with Crippen LogP contribution in [-0.4, -0.2) is 36.5 Å². The van der Waals surface area contributed by atoms with Gasteiger partial charge < -0.3 is 5.32 Å². The van der Waals surface area contributed by atoms with Crippen molar-refractivity contribution in [1.82, 2.24) is 24.8 Å². The van der Waals surface area contributed by atoms with Gasteiger partial charge in [0.2, 0.25) is 5.91 Å². The second-order valence-electron chi connectivity index (χ2n) is 9.07. The van der Waals surface area contributed by atoms with E-state index in [4.69, 9.17) is 4.63 Å². The molecule has 0 saturated carbocycles. The van der Waals surface area contributed by atoms with Crippen molar-refractivity contribution in [2.45, 2.75) is 26.8 Å². The van der Waals surface area contributed by atoms with Crippen LogP contribution in [0.1, 0.15) is 41.8 Å². The first-order chi connectivity index (χ1) is 18.8. The first-order valence-electron chi connectivity index (χ1n) is 12.2. The van der Waals surface area contributed by atoms with E-state index in [1.54, 1.807) is 37.4 Å². The molecule has 0 aliphatic heterocycles. The van der Waals surface area contributed by atoms with Gasteiger partial charge in [-0.25, -0.2) is 14.0 Å². The summed E-state index contributed by atoms with van der Waals surface area (Å²) in [5.41, 5.74) is 2.72. The lowest BCUT2D eigenvalue weighted by Crippen LogP contribution is -2.30. The third-order valence-corrected chi connectivity index (χ3v) is 6.41. The molecule has 1 N–H and O–H groups in total. The van der Waals surface area contributed by atoms with Gasteiger partial charge >= 0.3 is 0 Å². The Kier molecular flexibility index (Phi) is 7.04. The quantitative estimate of drug-likeness (QED) is 0.297. The number of carbonyl (C=O) groups is 2. The van der Waals surface area contributed by atoms with Gasteiger partial charge in [0.1, 0.15) is 16.9 Å². The first-order valence-corrected chi connectivity index (χ1v) is 12.2. The Hall–Kier alpha value is -5.06. The van der Waals surface area contributed by atoms with Crippen LogP contribution in [0.3, 0.4) is 0 Å². The minimum Gasteiger partial charge on any atom is -0.306 e. The molecular weight excluding hydrogens is 503 g/mol. The van der Waals surface area contributed by atoms with Crippen molar-refractivity contribution in [2.75, 3.05) is 5.32 Å². The van der Waals surface area contributed by atoms with Crippen LogP contribution in [0.5, 0.6) is 0 Å². The van der Waals surface area contributed by atoms with E-state index >= 15 is 0 Å². The highest BCUT2D eigenvalue weighted by atomic mass is 19.1. The summed E-state index contributed by atoms with van der Waals surface area (Å²) in [6.45, 7) is 3.66. The summed E-state index contributed by atoms with van der Waals surface area (Å²) in [7, 11) is 0. The molecule has 0 bridgehead atoms. The van der Waals surface area contributed by atoms with E-state index in [0.29, 0.717) is 39.8 Å². The summed E-state index contributed by atoms with van der Waals surface area (Å²) in [5, 5.41) is 10.3. The maximum atomic E-state index is 13.6. The lowest BCUT2D eigenvalue weighted by molar-refractivity contribution is -0.119. The fraction of sp³-hybridized carbons (Fsp3) is 0.179. The third-order valence-electron chi connectivity index (χ3n) is 6.41. The fourth-order valence-electron chi connectivity index (χ4n) is 3.98. The largest absolute Gasteiger partial charge is 0.306 e. The summed E-state index contributed by atoms with van der Waals surface area (Å²) in [5.74, 6) is -1.51. The van der Waals surface area contributed by atoms with Crippen LogP contribution < -0.4 is 10.9 Å². The molecular formula is C28H23FN6O4. The number of fused-ring (bicyclic) bond motifs is 1. The summed E-state index contributed by atoms with van der Waals surface area (Å²) in [6.07, 6.45) is 5.04. The Balaban J connectivity index is 1.56. The number of halogens is 1. The normalized spacial score (nSPS) is 11.9. The van der Waals surface area contributed by atoms with E-state index in [1.165, 1.54) is 41.2 Å². The van der Waals surface area contributed by atoms with Gasteiger partial charge in [-0.3, -0.25) is 23.9 Å². The third kappa shape index (κ3) is 5.33. The van der Waals surface area contributed by atoms with Crippen molar-refractivity contribution in [3.63, 3.8) is 0 Å². The van der Waals surface area contributed by atoms with Crippen molar-refractivity contribution in [1.29, 1.82) is 0 Å². The molecule has 0 saturated heterocycles. The van der Waals surface area contributed by atoms with Crippen LogP contribution in [0.25, 0.3) is 22.3 Å². The maximum absolute atomic E-state index is 13.6. The summed E-state index contributed by atoms with van der Waals surface area (Å²) in [4.78, 5) is 47.5. The zero-order valence-corrected chi connectivity index (χ0v) is 21.1. The number of benzene rings is 2. The van der Waals surface area contributed by atoms with Crippen molar-refractivity contribution < 1.29 is 18.6 Å². The Morgan fingerprint density at radius 1 is 1.00 bits per heavy atom. The van der Waals surface area contributed by atoms with Gasteiger partial charge in [-0.1, -0.05) is 19.9 Å². The summed E-state index contributed by atoms with van der Waals surface area (Å²) < 4.78 is 19.5. The highest BCUT2D eigenvalue weighted by Crippen LogP contribution is 2.23. The highest BCUT2D eigenvalue weighted by molar-refractivity contribution is 6.08. The molecule has 39 heavy (non-hydrogen) atoms. The molecule has 0 aliphatic rings. The lowest BCUT2D eigenvalue weighted by atomic mass is 10.0. The zero-order valence-electron chi connectivity index (χ0n) is 21.1. The van der Waals surface area contributed by atoms with Crippen molar-refractivity contribution in [3.05, 3.63) is 100.0 Å². The molecule has 5 rings (SSSR count). The van der Waals surface area contributed by atoms with Gasteiger partial charge in [0, 0.05) is 35.0 Å². The number of carbonyl (C=O) groups excluding carboxylic acids is 2. The van der Waals surface area contributed by atoms with E-state index in [9.17, 15) is 18.8 Å². The molecule has 196 valence electrons. The minimum atomic E-state index is -0.530. The monoisotopic (exact) mass is 526 g/mol. The number of nitrogens with one attached hydrogen (secondary N) is 1. The van der Waals surface area contributed by atoms with Crippen LogP contribution in [-0.2, 0) is 11.3 Å². The molecule has 5 aromatic rings. The topological polar surface area (TPSA) is 133 Å². The van der Waals surface area contributed by atoms with Gasteiger partial charge in [0.15, 0.2) is 11.6 Å². The van der Waals surface area contributed by atoms with Crippen molar-refractivity contribution >= 4 is 28.5 Å². The minimum absolute atomic E-state index is 0.0233. The van der Waals surface area contributed by atoms with Gasteiger partial charge in [-0.05, 0) is 64.8 Å². The molecule has 0 spiro atoms. The standard InChI is InChI=1S/C28H23FN6O4/c1-3-16(2)27(37)32-26-28(38)35(24(14-31-26)19-6-9-22-23(11-19)34-39-33-22)15-17-10-20(13-30-12-17)25(36)18-4-7-21(29)8-5-18/h4-14,16H,3,15H2,1-2H3,(H,31,32,37)/t16-/m1/s1. The molecule has 0 radical (unpaired) electrons. The number of aromatic nitrogens is 5. The van der Waals surface area contributed by atoms with Crippen LogP contribution >= 0.6 is 0 Å². The number of hydrogen-bond acceptors (Lipinski definition) is 8.